The predicted molar refractivity (Wildman–Crippen MR) is 59.7 cm³/mol. The molecule has 0 spiro atoms. The summed E-state index contributed by atoms with van der Waals surface area (Å²) < 4.78 is 15.6. The number of hydrogen-bond donors (Lipinski definition) is 0. The summed E-state index contributed by atoms with van der Waals surface area (Å²) in [5, 5.41) is 3.97. The largest absolute Gasteiger partial charge is 0.469 e. The zero-order valence-electron chi connectivity index (χ0n) is 9.79. The maximum Gasteiger partial charge on any atom is 0.437 e. The van der Waals surface area contributed by atoms with E-state index in [0.29, 0.717) is 12.2 Å². The first-order valence-corrected chi connectivity index (χ1v) is 5.39. The third-order valence-corrected chi connectivity index (χ3v) is 2.32. The van der Waals surface area contributed by atoms with Crippen LogP contribution in [0.15, 0.2) is 32.0 Å². The van der Waals surface area contributed by atoms with Crippen LogP contribution in [0.25, 0.3) is 11.7 Å². The minimum absolute atomic E-state index is 0.128. The molecule has 2 heterocycles. The lowest BCUT2D eigenvalue weighted by molar-refractivity contribution is -0.140. The lowest BCUT2D eigenvalue weighted by Crippen LogP contribution is -2.16. The summed E-state index contributed by atoms with van der Waals surface area (Å²) in [6, 6.07) is 3.32. The highest BCUT2D eigenvalue weighted by molar-refractivity contribution is 5.68. The van der Waals surface area contributed by atoms with Crippen molar-refractivity contribution in [2.75, 3.05) is 7.11 Å². The van der Waals surface area contributed by atoms with Crippen molar-refractivity contribution >= 4 is 5.97 Å². The molecule has 96 valence electrons. The van der Waals surface area contributed by atoms with Crippen molar-refractivity contribution < 1.29 is 18.4 Å². The van der Waals surface area contributed by atoms with Crippen LogP contribution in [0.2, 0.25) is 0 Å². The fraction of sp³-hybridized carbons (Fsp3) is 0.364. The van der Waals surface area contributed by atoms with Gasteiger partial charge in [-0.25, -0.2) is 4.79 Å². The topological polar surface area (TPSA) is 87.5 Å². The number of carbonyl (C=O) groups excluding carboxylic acids is 1. The lowest BCUT2D eigenvalue weighted by atomic mass is 10.3. The van der Waals surface area contributed by atoms with Crippen LogP contribution in [0.4, 0.5) is 0 Å². The van der Waals surface area contributed by atoms with Gasteiger partial charge >= 0.3 is 11.7 Å². The molecule has 0 saturated carbocycles. The van der Waals surface area contributed by atoms with Crippen LogP contribution < -0.4 is 5.76 Å². The van der Waals surface area contributed by atoms with Crippen LogP contribution in [0.1, 0.15) is 12.8 Å². The molecule has 0 unspecified atom stereocenters. The van der Waals surface area contributed by atoms with Crippen LogP contribution in [0.3, 0.4) is 0 Å². The molecule has 0 aliphatic rings. The zero-order chi connectivity index (χ0) is 13.0. The van der Waals surface area contributed by atoms with Gasteiger partial charge in [0.25, 0.3) is 5.89 Å². The fourth-order valence-electron chi connectivity index (χ4n) is 1.42. The lowest BCUT2D eigenvalue weighted by Gasteiger charge is -1.98. The van der Waals surface area contributed by atoms with Crippen LogP contribution in [0, 0.1) is 0 Å². The SMILES string of the molecule is COC(=O)CCCn1nc(-c2ccco2)oc1=O. The van der Waals surface area contributed by atoms with Gasteiger partial charge in [0.2, 0.25) is 0 Å². The van der Waals surface area contributed by atoms with Crippen LogP contribution in [0.5, 0.6) is 0 Å². The highest BCUT2D eigenvalue weighted by Crippen LogP contribution is 2.15. The molecule has 0 aliphatic carbocycles. The number of carbonyl (C=O) groups is 1. The van der Waals surface area contributed by atoms with Crippen LogP contribution in [-0.2, 0) is 16.1 Å². The zero-order valence-corrected chi connectivity index (χ0v) is 9.79. The molecule has 0 N–H and O–H groups in total. The van der Waals surface area contributed by atoms with Gasteiger partial charge in [-0.3, -0.25) is 4.79 Å². The summed E-state index contributed by atoms with van der Waals surface area (Å²) in [5.74, 6) is -0.383. The Hall–Kier alpha value is -2.31. The molecule has 0 aromatic carbocycles. The van der Waals surface area contributed by atoms with E-state index in [9.17, 15) is 9.59 Å². The van der Waals surface area contributed by atoms with Gasteiger partial charge in [0.15, 0.2) is 5.76 Å². The van der Waals surface area contributed by atoms with E-state index >= 15 is 0 Å². The van der Waals surface area contributed by atoms with E-state index in [4.69, 9.17) is 8.83 Å². The van der Waals surface area contributed by atoms with Gasteiger partial charge in [0.1, 0.15) is 0 Å². The van der Waals surface area contributed by atoms with E-state index in [0.717, 1.165) is 4.68 Å². The Bertz CT molecular complexity index is 567. The summed E-state index contributed by atoms with van der Waals surface area (Å²) in [5.41, 5.74) is 0. The number of aromatic nitrogens is 2. The minimum atomic E-state index is -0.578. The van der Waals surface area contributed by atoms with E-state index < -0.39 is 5.76 Å². The van der Waals surface area contributed by atoms with Crippen molar-refractivity contribution in [1.82, 2.24) is 9.78 Å². The average molecular weight is 252 g/mol. The smallest absolute Gasteiger partial charge is 0.437 e. The molecule has 7 heteroatoms. The van der Waals surface area contributed by atoms with E-state index in [1.54, 1.807) is 12.1 Å². The van der Waals surface area contributed by atoms with Crippen molar-refractivity contribution in [1.29, 1.82) is 0 Å². The third kappa shape index (κ3) is 2.68. The van der Waals surface area contributed by atoms with Crippen molar-refractivity contribution in [2.24, 2.45) is 0 Å². The first kappa shape index (κ1) is 12.2. The Kier molecular flexibility index (Phi) is 3.61. The molecule has 0 bridgehead atoms. The van der Waals surface area contributed by atoms with Crippen molar-refractivity contribution in [3.05, 3.63) is 28.9 Å². The third-order valence-electron chi connectivity index (χ3n) is 2.32. The molecule has 0 aliphatic heterocycles. The van der Waals surface area contributed by atoms with E-state index in [2.05, 4.69) is 9.84 Å². The quantitative estimate of drug-likeness (QED) is 0.739. The second kappa shape index (κ2) is 5.35. The van der Waals surface area contributed by atoms with Gasteiger partial charge in [-0.1, -0.05) is 0 Å². The molecule has 0 saturated heterocycles. The van der Waals surface area contributed by atoms with Gasteiger partial charge in [0.05, 0.1) is 13.4 Å². The Morgan fingerprint density at radius 1 is 1.56 bits per heavy atom. The Labute approximate surface area is 102 Å². The van der Waals surface area contributed by atoms with Crippen molar-refractivity contribution in [2.45, 2.75) is 19.4 Å². The Morgan fingerprint density at radius 2 is 2.39 bits per heavy atom. The highest BCUT2D eigenvalue weighted by Gasteiger charge is 2.12. The summed E-state index contributed by atoms with van der Waals surface area (Å²) in [6.07, 6.45) is 2.15. The highest BCUT2D eigenvalue weighted by atomic mass is 16.5. The van der Waals surface area contributed by atoms with Gasteiger partial charge in [0, 0.05) is 13.0 Å². The van der Waals surface area contributed by atoms with Crippen molar-refractivity contribution in [3.8, 4) is 11.7 Å². The van der Waals surface area contributed by atoms with Gasteiger partial charge in [-0.15, -0.1) is 5.10 Å². The number of esters is 1. The molecule has 18 heavy (non-hydrogen) atoms. The second-order valence-electron chi connectivity index (χ2n) is 3.55. The van der Waals surface area contributed by atoms with E-state index in [1.165, 1.54) is 13.4 Å². The molecule has 2 aromatic heterocycles. The molecule has 2 aromatic rings. The molecule has 0 fully saturated rings. The van der Waals surface area contributed by atoms with Crippen LogP contribution in [-0.4, -0.2) is 22.9 Å². The number of furan rings is 1. The number of hydrogen-bond acceptors (Lipinski definition) is 6. The number of rotatable bonds is 5. The Morgan fingerprint density at radius 3 is 3.06 bits per heavy atom. The van der Waals surface area contributed by atoms with Gasteiger partial charge in [-0.05, 0) is 18.6 Å². The monoisotopic (exact) mass is 252 g/mol. The fourth-order valence-corrected chi connectivity index (χ4v) is 1.42. The number of nitrogens with zero attached hydrogens (tertiary/aromatic N) is 2. The van der Waals surface area contributed by atoms with Crippen molar-refractivity contribution in [3.63, 3.8) is 0 Å². The predicted octanol–water partition coefficient (Wildman–Crippen LogP) is 1.05. The second-order valence-corrected chi connectivity index (χ2v) is 3.55. The van der Waals surface area contributed by atoms with Gasteiger partial charge < -0.3 is 13.6 Å². The normalized spacial score (nSPS) is 10.5. The maximum atomic E-state index is 11.5. The molecule has 0 atom stereocenters. The molecule has 0 amide bonds. The van der Waals surface area contributed by atoms with E-state index in [-0.39, 0.29) is 24.8 Å². The first-order chi connectivity index (χ1) is 8.70. The number of aryl methyl sites for hydroxylation is 1. The van der Waals surface area contributed by atoms with Gasteiger partial charge in [-0.2, -0.15) is 4.68 Å². The minimum Gasteiger partial charge on any atom is -0.469 e. The molecule has 0 radical (unpaired) electrons. The molecular formula is C11H12N2O5. The standard InChI is InChI=1S/C11H12N2O5/c1-16-9(14)5-2-6-13-11(15)18-10(12-13)8-4-3-7-17-8/h3-4,7H,2,5-6H2,1H3. The summed E-state index contributed by atoms with van der Waals surface area (Å²) in [6.45, 7) is 0.290. The maximum absolute atomic E-state index is 11.5. The number of ether oxygens (including phenoxy) is 1. The summed E-state index contributed by atoms with van der Waals surface area (Å²) in [4.78, 5) is 22.4. The summed E-state index contributed by atoms with van der Waals surface area (Å²) in [7, 11) is 1.32. The Balaban J connectivity index is 2.02. The molecular weight excluding hydrogens is 240 g/mol. The number of methoxy groups -OCH3 is 1. The van der Waals surface area contributed by atoms with Crippen LogP contribution >= 0.6 is 0 Å². The molecule has 2 rings (SSSR count). The molecule has 7 nitrogen and oxygen atoms in total. The first-order valence-electron chi connectivity index (χ1n) is 5.39. The summed E-state index contributed by atoms with van der Waals surface area (Å²) >= 11 is 0. The average Bonchev–Trinajstić information content (AvgIpc) is 2.99. The van der Waals surface area contributed by atoms with E-state index in [1.807, 2.05) is 0 Å².